The summed E-state index contributed by atoms with van der Waals surface area (Å²) in [6, 6.07) is 0. The third-order valence-electron chi connectivity index (χ3n) is 10.4. The number of hydrogen-bond acceptors (Lipinski definition) is 3. The predicted octanol–water partition coefficient (Wildman–Crippen LogP) is 5.54. The Labute approximate surface area is 183 Å². The van der Waals surface area contributed by atoms with Gasteiger partial charge in [0.2, 0.25) is 0 Å². The van der Waals surface area contributed by atoms with E-state index in [4.69, 9.17) is 0 Å². The number of aliphatic hydroxyl groups is 2. The Balaban J connectivity index is 1.53. The van der Waals surface area contributed by atoms with Crippen molar-refractivity contribution in [3.05, 3.63) is 11.6 Å². The summed E-state index contributed by atoms with van der Waals surface area (Å²) in [5, 5.41) is 21.6. The van der Waals surface area contributed by atoms with Crippen LogP contribution in [0.4, 0.5) is 0 Å². The fraction of sp³-hybridized carbons (Fsp3) is 0.889. The van der Waals surface area contributed by atoms with Crippen molar-refractivity contribution in [3.63, 3.8) is 0 Å². The lowest BCUT2D eigenvalue weighted by Crippen LogP contribution is -2.55. The SMILES string of the molecule is CC(C)[C@H](O)CC[C@@H](C)[C@H]1CCC2C3C(CC[C@@]21C)[C@@]1(C)CCC(=O)C=C1C[C@H]3O. The van der Waals surface area contributed by atoms with Gasteiger partial charge in [-0.05, 0) is 104 Å². The van der Waals surface area contributed by atoms with Gasteiger partial charge in [0.1, 0.15) is 0 Å². The van der Waals surface area contributed by atoms with E-state index in [0.29, 0.717) is 53.8 Å². The molecule has 0 bridgehead atoms. The molecule has 0 heterocycles. The van der Waals surface area contributed by atoms with Crippen molar-refractivity contribution < 1.29 is 15.0 Å². The van der Waals surface area contributed by atoms with Crippen LogP contribution in [-0.2, 0) is 4.79 Å². The van der Waals surface area contributed by atoms with Gasteiger partial charge in [-0.3, -0.25) is 4.79 Å². The van der Waals surface area contributed by atoms with Crippen LogP contribution in [0.25, 0.3) is 0 Å². The summed E-state index contributed by atoms with van der Waals surface area (Å²) in [5.74, 6) is 3.43. The second-order valence-corrected chi connectivity index (χ2v) is 12.2. The second kappa shape index (κ2) is 8.03. The topological polar surface area (TPSA) is 57.5 Å². The van der Waals surface area contributed by atoms with Gasteiger partial charge in [0, 0.05) is 6.42 Å². The molecule has 0 spiro atoms. The molecule has 2 N–H and O–H groups in total. The highest BCUT2D eigenvalue weighted by Crippen LogP contribution is 2.67. The molecule has 0 amide bonds. The number of rotatable bonds is 5. The molecule has 3 fully saturated rings. The second-order valence-electron chi connectivity index (χ2n) is 12.2. The first-order valence-corrected chi connectivity index (χ1v) is 12.7. The maximum atomic E-state index is 12.1. The lowest BCUT2D eigenvalue weighted by Gasteiger charge is -2.60. The van der Waals surface area contributed by atoms with Gasteiger partial charge < -0.3 is 10.2 Å². The third kappa shape index (κ3) is 3.52. The third-order valence-corrected chi connectivity index (χ3v) is 10.4. The highest BCUT2D eigenvalue weighted by atomic mass is 16.3. The van der Waals surface area contributed by atoms with E-state index in [0.717, 1.165) is 19.3 Å². The van der Waals surface area contributed by atoms with Crippen LogP contribution >= 0.6 is 0 Å². The molecule has 0 aromatic heterocycles. The molecule has 4 rings (SSSR count). The molecule has 170 valence electrons. The maximum absolute atomic E-state index is 12.1. The molecule has 0 aromatic rings. The van der Waals surface area contributed by atoms with Gasteiger partial charge in [0.05, 0.1) is 12.2 Å². The molecule has 3 nitrogen and oxygen atoms in total. The Morgan fingerprint density at radius 2 is 1.80 bits per heavy atom. The van der Waals surface area contributed by atoms with Crippen molar-refractivity contribution in [3.8, 4) is 0 Å². The summed E-state index contributed by atoms with van der Waals surface area (Å²) >= 11 is 0. The van der Waals surface area contributed by atoms with Crippen LogP contribution in [0.1, 0.15) is 92.4 Å². The minimum atomic E-state index is -0.290. The monoisotopic (exact) mass is 416 g/mol. The molecule has 9 atom stereocenters. The minimum Gasteiger partial charge on any atom is -0.393 e. The first kappa shape index (κ1) is 22.5. The number of aliphatic hydroxyl groups excluding tert-OH is 2. The summed E-state index contributed by atoms with van der Waals surface area (Å²) in [5.41, 5.74) is 1.66. The van der Waals surface area contributed by atoms with Crippen molar-refractivity contribution in [2.45, 2.75) is 105 Å². The molecule has 3 unspecified atom stereocenters. The predicted molar refractivity (Wildman–Crippen MR) is 121 cm³/mol. The van der Waals surface area contributed by atoms with E-state index in [1.807, 2.05) is 6.08 Å². The fourth-order valence-electron chi connectivity index (χ4n) is 8.47. The van der Waals surface area contributed by atoms with Gasteiger partial charge in [0.25, 0.3) is 0 Å². The lowest BCUT2D eigenvalue weighted by molar-refractivity contribution is -0.124. The highest BCUT2D eigenvalue weighted by molar-refractivity contribution is 5.91. The van der Waals surface area contributed by atoms with E-state index in [9.17, 15) is 15.0 Å². The van der Waals surface area contributed by atoms with E-state index in [1.165, 1.54) is 31.3 Å². The largest absolute Gasteiger partial charge is 0.393 e. The molecule has 0 radical (unpaired) electrons. The van der Waals surface area contributed by atoms with Crippen molar-refractivity contribution >= 4 is 5.78 Å². The zero-order valence-corrected chi connectivity index (χ0v) is 19.9. The summed E-state index contributed by atoms with van der Waals surface area (Å²) in [6.07, 6.45) is 10.7. The molecule has 0 aromatic carbocycles. The normalized spacial score (nSPS) is 45.4. The maximum Gasteiger partial charge on any atom is 0.155 e. The number of ketones is 1. The standard InChI is InChI=1S/C27H44O3/c1-16(2)23(29)9-6-17(3)20-7-8-21-25-22(11-13-27(20,21)5)26(4)12-10-19(28)14-18(26)15-24(25)30/h14,16-17,20-25,29-30H,6-13,15H2,1-5H3/t17-,20-,21?,22?,23-,24-,25?,26+,27-/m1/s1. The average Bonchev–Trinajstić information content (AvgIpc) is 3.04. The fourth-order valence-corrected chi connectivity index (χ4v) is 8.47. The van der Waals surface area contributed by atoms with Crippen molar-refractivity contribution in [2.75, 3.05) is 0 Å². The Hall–Kier alpha value is -0.670. The van der Waals surface area contributed by atoms with Crippen LogP contribution in [0.15, 0.2) is 11.6 Å². The van der Waals surface area contributed by atoms with Gasteiger partial charge in [-0.25, -0.2) is 0 Å². The quantitative estimate of drug-likeness (QED) is 0.619. The van der Waals surface area contributed by atoms with E-state index in [1.54, 1.807) is 0 Å². The first-order valence-electron chi connectivity index (χ1n) is 12.7. The molecule has 3 saturated carbocycles. The smallest absolute Gasteiger partial charge is 0.155 e. The Kier molecular flexibility index (Phi) is 6.03. The molecular formula is C27H44O3. The number of hydrogen-bond donors (Lipinski definition) is 2. The molecule has 4 aliphatic carbocycles. The van der Waals surface area contributed by atoms with Crippen LogP contribution in [-0.4, -0.2) is 28.2 Å². The van der Waals surface area contributed by atoms with Crippen molar-refractivity contribution in [1.29, 1.82) is 0 Å². The van der Waals surface area contributed by atoms with Gasteiger partial charge in [-0.15, -0.1) is 0 Å². The Morgan fingerprint density at radius 1 is 1.07 bits per heavy atom. The molecule has 0 saturated heterocycles. The van der Waals surface area contributed by atoms with Crippen LogP contribution < -0.4 is 0 Å². The Bertz CT molecular complexity index is 696. The molecule has 4 aliphatic rings. The molecule has 3 heteroatoms. The van der Waals surface area contributed by atoms with Gasteiger partial charge >= 0.3 is 0 Å². The van der Waals surface area contributed by atoms with Crippen LogP contribution in [0.2, 0.25) is 0 Å². The molecule has 0 aliphatic heterocycles. The van der Waals surface area contributed by atoms with Crippen LogP contribution in [0, 0.1) is 46.3 Å². The molecule has 30 heavy (non-hydrogen) atoms. The van der Waals surface area contributed by atoms with Gasteiger partial charge in [-0.2, -0.15) is 0 Å². The number of carbonyl (C=O) groups excluding carboxylic acids is 1. The van der Waals surface area contributed by atoms with Crippen molar-refractivity contribution in [1.82, 2.24) is 0 Å². The lowest BCUT2D eigenvalue weighted by atomic mass is 9.45. The zero-order chi connectivity index (χ0) is 21.8. The highest BCUT2D eigenvalue weighted by Gasteiger charge is 2.61. The van der Waals surface area contributed by atoms with E-state index in [-0.39, 0.29) is 23.4 Å². The van der Waals surface area contributed by atoms with E-state index < -0.39 is 0 Å². The van der Waals surface area contributed by atoms with E-state index >= 15 is 0 Å². The van der Waals surface area contributed by atoms with Gasteiger partial charge in [-0.1, -0.05) is 40.2 Å². The number of fused-ring (bicyclic) bond motifs is 5. The summed E-state index contributed by atoms with van der Waals surface area (Å²) in [7, 11) is 0. The minimum absolute atomic E-state index is 0.115. The summed E-state index contributed by atoms with van der Waals surface area (Å²) in [6.45, 7) is 11.5. The van der Waals surface area contributed by atoms with Crippen molar-refractivity contribution in [2.24, 2.45) is 46.3 Å². The van der Waals surface area contributed by atoms with E-state index in [2.05, 4.69) is 34.6 Å². The molecular weight excluding hydrogens is 372 g/mol. The van der Waals surface area contributed by atoms with Crippen LogP contribution in [0.5, 0.6) is 0 Å². The average molecular weight is 417 g/mol. The first-order chi connectivity index (χ1) is 14.1. The van der Waals surface area contributed by atoms with Gasteiger partial charge in [0.15, 0.2) is 5.78 Å². The van der Waals surface area contributed by atoms with Crippen LogP contribution in [0.3, 0.4) is 0 Å². The zero-order valence-electron chi connectivity index (χ0n) is 19.9. The summed E-state index contributed by atoms with van der Waals surface area (Å²) in [4.78, 5) is 12.1. The number of carbonyl (C=O) groups is 1. The summed E-state index contributed by atoms with van der Waals surface area (Å²) < 4.78 is 0. The Morgan fingerprint density at radius 3 is 2.50 bits per heavy atom.